The van der Waals surface area contributed by atoms with Crippen LogP contribution in [0.3, 0.4) is 0 Å². The van der Waals surface area contributed by atoms with Gasteiger partial charge < -0.3 is 5.32 Å². The van der Waals surface area contributed by atoms with Gasteiger partial charge in [0.1, 0.15) is 4.88 Å². The molecule has 2 unspecified atom stereocenters. The Morgan fingerprint density at radius 2 is 2.26 bits per heavy atom. The molecule has 1 aromatic heterocycles. The van der Waals surface area contributed by atoms with E-state index in [-0.39, 0.29) is 17.4 Å². The number of amides is 1. The maximum atomic E-state index is 12.1. The zero-order chi connectivity index (χ0) is 14.0. The summed E-state index contributed by atoms with van der Waals surface area (Å²) in [6, 6.07) is -0.546. The van der Waals surface area contributed by atoms with E-state index in [4.69, 9.17) is 11.6 Å². The van der Waals surface area contributed by atoms with E-state index < -0.39 is 21.3 Å². The fourth-order valence-corrected chi connectivity index (χ4v) is 5.11. The van der Waals surface area contributed by atoms with Crippen LogP contribution in [0.25, 0.3) is 0 Å². The van der Waals surface area contributed by atoms with E-state index in [1.807, 2.05) is 6.92 Å². The first-order chi connectivity index (χ1) is 8.93. The predicted octanol–water partition coefficient (Wildman–Crippen LogP) is 0.625. The van der Waals surface area contributed by atoms with Crippen molar-refractivity contribution in [2.75, 3.05) is 11.5 Å². The summed E-state index contributed by atoms with van der Waals surface area (Å²) in [5.41, 5.74) is 0.650. The van der Waals surface area contributed by atoms with Crippen molar-refractivity contribution in [3.63, 3.8) is 0 Å². The van der Waals surface area contributed by atoms with E-state index in [1.165, 1.54) is 0 Å². The quantitative estimate of drug-likeness (QED) is 0.821. The van der Waals surface area contributed by atoms with Gasteiger partial charge in [-0.2, -0.15) is 0 Å². The molecule has 106 valence electrons. The number of aryl methyl sites for hydroxylation is 1. The van der Waals surface area contributed by atoms with Gasteiger partial charge in [-0.3, -0.25) is 4.79 Å². The van der Waals surface area contributed by atoms with Crippen molar-refractivity contribution < 1.29 is 13.2 Å². The highest BCUT2D eigenvalue weighted by atomic mass is 35.5. The van der Waals surface area contributed by atoms with Crippen LogP contribution in [-0.4, -0.2) is 46.8 Å². The molecule has 1 amide bonds. The average Bonchev–Trinajstić information content (AvgIpc) is 2.84. The maximum Gasteiger partial charge on any atom is 0.265 e. The van der Waals surface area contributed by atoms with Gasteiger partial charge in [0.2, 0.25) is 0 Å². The van der Waals surface area contributed by atoms with E-state index in [0.717, 1.165) is 18.0 Å². The summed E-state index contributed by atoms with van der Waals surface area (Å²) in [5.74, 6) is -0.545. The van der Waals surface area contributed by atoms with Crippen LogP contribution in [0, 0.1) is 0 Å². The van der Waals surface area contributed by atoms with Gasteiger partial charge in [-0.25, -0.2) is 8.42 Å². The Kier molecular flexibility index (Phi) is 4.42. The van der Waals surface area contributed by atoms with Crippen molar-refractivity contribution in [2.45, 2.75) is 31.2 Å². The van der Waals surface area contributed by atoms with Gasteiger partial charge in [-0.15, -0.1) is 16.7 Å². The Bertz CT molecular complexity index is 572. The molecule has 2 rings (SSSR count). The maximum absolute atomic E-state index is 12.1. The van der Waals surface area contributed by atoms with Crippen molar-refractivity contribution in [2.24, 2.45) is 0 Å². The number of hydrogen-bond donors (Lipinski definition) is 1. The Labute approximate surface area is 120 Å². The number of sulfone groups is 1. The molecule has 1 fully saturated rings. The molecule has 9 heteroatoms. The van der Waals surface area contributed by atoms with Crippen molar-refractivity contribution in [3.05, 3.63) is 10.6 Å². The van der Waals surface area contributed by atoms with Gasteiger partial charge in [0.25, 0.3) is 5.91 Å². The van der Waals surface area contributed by atoms with E-state index in [0.29, 0.717) is 17.0 Å². The van der Waals surface area contributed by atoms with Crippen LogP contribution in [-0.2, 0) is 16.3 Å². The third-order valence-corrected chi connectivity index (χ3v) is 5.99. The molecule has 0 spiro atoms. The summed E-state index contributed by atoms with van der Waals surface area (Å²) in [7, 11) is -3.15. The van der Waals surface area contributed by atoms with Crippen molar-refractivity contribution >= 4 is 38.9 Å². The summed E-state index contributed by atoms with van der Waals surface area (Å²) >= 11 is 6.96. The van der Waals surface area contributed by atoms with E-state index in [1.54, 1.807) is 0 Å². The highest BCUT2D eigenvalue weighted by molar-refractivity contribution is 7.91. The minimum absolute atomic E-state index is 0.0950. The molecule has 19 heavy (non-hydrogen) atoms. The Hall–Kier alpha value is -0.730. The number of carbonyl (C=O) groups excluding carboxylic acids is 1. The van der Waals surface area contributed by atoms with Gasteiger partial charge in [0, 0.05) is 0 Å². The minimum Gasteiger partial charge on any atom is -0.346 e. The standard InChI is InChI=1S/C10H14ClN3O3S2/c1-2-3-7-9(18-14-13-7)10(15)12-8-5-19(16,17)4-6(8)11/h6,8H,2-5H2,1H3,(H,12,15). The molecule has 1 aromatic rings. The number of halogens is 1. The van der Waals surface area contributed by atoms with Crippen LogP contribution in [0.2, 0.25) is 0 Å². The van der Waals surface area contributed by atoms with Crippen molar-refractivity contribution in [1.29, 1.82) is 0 Å². The lowest BCUT2D eigenvalue weighted by Gasteiger charge is -2.13. The minimum atomic E-state index is -3.15. The Morgan fingerprint density at radius 1 is 1.53 bits per heavy atom. The molecular formula is C10H14ClN3O3S2. The van der Waals surface area contributed by atoms with E-state index in [2.05, 4.69) is 14.9 Å². The summed E-state index contributed by atoms with van der Waals surface area (Å²) < 4.78 is 26.6. The van der Waals surface area contributed by atoms with Crippen LogP contribution in [0.4, 0.5) is 0 Å². The van der Waals surface area contributed by atoms with Gasteiger partial charge in [-0.05, 0) is 18.0 Å². The average molecular weight is 324 g/mol. The fraction of sp³-hybridized carbons (Fsp3) is 0.700. The SMILES string of the molecule is CCCc1nnsc1C(=O)NC1CS(=O)(=O)CC1Cl. The number of nitrogens with zero attached hydrogens (tertiary/aromatic N) is 2. The predicted molar refractivity (Wildman–Crippen MR) is 73.5 cm³/mol. The molecule has 0 saturated carbocycles. The molecule has 2 atom stereocenters. The molecule has 1 aliphatic heterocycles. The van der Waals surface area contributed by atoms with Crippen molar-refractivity contribution in [3.8, 4) is 0 Å². The molecule has 0 bridgehead atoms. The summed E-state index contributed by atoms with van der Waals surface area (Å²) in [6.45, 7) is 1.99. The topological polar surface area (TPSA) is 89.0 Å². The second kappa shape index (κ2) is 5.72. The number of hydrogen-bond acceptors (Lipinski definition) is 6. The molecule has 6 nitrogen and oxygen atoms in total. The first-order valence-electron chi connectivity index (χ1n) is 5.89. The van der Waals surface area contributed by atoms with Crippen LogP contribution in [0.5, 0.6) is 0 Å². The second-order valence-electron chi connectivity index (χ2n) is 4.47. The first-order valence-corrected chi connectivity index (χ1v) is 8.92. The lowest BCUT2D eigenvalue weighted by Crippen LogP contribution is -2.40. The van der Waals surface area contributed by atoms with Crippen molar-refractivity contribution in [1.82, 2.24) is 14.9 Å². The zero-order valence-electron chi connectivity index (χ0n) is 10.3. The second-order valence-corrected chi connectivity index (χ2v) is 7.94. The van der Waals surface area contributed by atoms with Crippen LogP contribution in [0.1, 0.15) is 28.7 Å². The number of rotatable bonds is 4. The number of aromatic nitrogens is 2. The highest BCUT2D eigenvalue weighted by Gasteiger charge is 2.37. The Balaban J connectivity index is 2.07. The molecular weight excluding hydrogens is 310 g/mol. The first kappa shape index (κ1) is 14.7. The fourth-order valence-electron chi connectivity index (χ4n) is 1.95. The van der Waals surface area contributed by atoms with Crippen LogP contribution in [0.15, 0.2) is 0 Å². The molecule has 2 heterocycles. The van der Waals surface area contributed by atoms with Gasteiger partial charge in [0.15, 0.2) is 9.84 Å². The number of nitrogens with one attached hydrogen (secondary N) is 1. The normalized spacial score (nSPS) is 25.4. The molecule has 0 aromatic carbocycles. The van der Waals surface area contributed by atoms with Crippen LogP contribution < -0.4 is 5.32 Å². The molecule has 0 radical (unpaired) electrons. The Morgan fingerprint density at radius 3 is 2.84 bits per heavy atom. The van der Waals surface area contributed by atoms with Gasteiger partial charge in [0.05, 0.1) is 28.6 Å². The molecule has 1 N–H and O–H groups in total. The summed E-state index contributed by atoms with van der Waals surface area (Å²) in [4.78, 5) is 12.5. The van der Waals surface area contributed by atoms with Gasteiger partial charge >= 0.3 is 0 Å². The smallest absolute Gasteiger partial charge is 0.265 e. The monoisotopic (exact) mass is 323 g/mol. The lowest BCUT2D eigenvalue weighted by atomic mass is 10.2. The van der Waals surface area contributed by atoms with Gasteiger partial charge in [-0.1, -0.05) is 17.8 Å². The van der Waals surface area contributed by atoms with Crippen LogP contribution >= 0.6 is 23.1 Å². The zero-order valence-corrected chi connectivity index (χ0v) is 12.7. The number of alkyl halides is 1. The largest absolute Gasteiger partial charge is 0.346 e. The van der Waals surface area contributed by atoms with E-state index in [9.17, 15) is 13.2 Å². The third kappa shape index (κ3) is 3.43. The lowest BCUT2D eigenvalue weighted by molar-refractivity contribution is 0.0944. The highest BCUT2D eigenvalue weighted by Crippen LogP contribution is 2.19. The summed E-state index contributed by atoms with van der Waals surface area (Å²) in [5, 5.41) is 5.99. The number of carbonyl (C=O) groups is 1. The molecule has 1 aliphatic rings. The molecule has 0 aliphatic carbocycles. The third-order valence-electron chi connectivity index (χ3n) is 2.85. The van der Waals surface area contributed by atoms with E-state index >= 15 is 0 Å². The molecule has 1 saturated heterocycles. The summed E-state index contributed by atoms with van der Waals surface area (Å²) in [6.07, 6.45) is 1.54.